The highest BCUT2D eigenvalue weighted by atomic mass is 19.1. The van der Waals surface area contributed by atoms with E-state index in [1.165, 1.54) is 6.07 Å². The molecule has 1 aromatic carbocycles. The maximum atomic E-state index is 13.3. The molecule has 19 heavy (non-hydrogen) atoms. The molecule has 1 unspecified atom stereocenters. The largest absolute Gasteiger partial charge is 0.378 e. The Morgan fingerprint density at radius 3 is 3.05 bits per heavy atom. The maximum Gasteiger partial charge on any atom is 0.126 e. The lowest BCUT2D eigenvalue weighted by atomic mass is 10.1. The van der Waals surface area contributed by atoms with Gasteiger partial charge in [-0.2, -0.15) is 0 Å². The molecule has 0 spiro atoms. The molecule has 2 heterocycles. The summed E-state index contributed by atoms with van der Waals surface area (Å²) in [4.78, 5) is 7.65. The number of nitrogens with zero attached hydrogens (tertiary/aromatic N) is 1. The summed E-state index contributed by atoms with van der Waals surface area (Å²) in [5.41, 5.74) is 2.47. The topological polar surface area (TPSA) is 49.9 Å². The zero-order valence-electron chi connectivity index (χ0n) is 10.7. The Morgan fingerprint density at radius 2 is 2.32 bits per heavy atom. The van der Waals surface area contributed by atoms with Gasteiger partial charge in [0.2, 0.25) is 0 Å². The Hall–Kier alpha value is -1.72. The van der Waals surface area contributed by atoms with E-state index < -0.39 is 0 Å². The summed E-state index contributed by atoms with van der Waals surface area (Å²) < 4.78 is 18.7. The molecule has 5 heteroatoms. The Kier molecular flexibility index (Phi) is 3.31. The van der Waals surface area contributed by atoms with Crippen molar-refractivity contribution >= 4 is 0 Å². The van der Waals surface area contributed by atoms with Gasteiger partial charge >= 0.3 is 0 Å². The van der Waals surface area contributed by atoms with Crippen LogP contribution in [-0.2, 0) is 4.74 Å². The molecule has 0 bridgehead atoms. The smallest absolute Gasteiger partial charge is 0.126 e. The fraction of sp³-hybridized carbons (Fsp3) is 0.357. The van der Waals surface area contributed by atoms with E-state index in [2.05, 4.69) is 15.3 Å². The number of nitrogens with one attached hydrogen (secondary N) is 2. The molecule has 1 aliphatic rings. The van der Waals surface area contributed by atoms with Gasteiger partial charge in [0, 0.05) is 12.1 Å². The van der Waals surface area contributed by atoms with E-state index >= 15 is 0 Å². The standard InChI is InChI=1S/C14H16FN3O/c1-9-6-10(2-3-11(9)15)12-7-17-14(18-12)13-8-19-5-4-16-13/h2-3,6-7,13,16H,4-5,8H2,1H3,(H,17,18). The van der Waals surface area contributed by atoms with Crippen LogP contribution >= 0.6 is 0 Å². The van der Waals surface area contributed by atoms with E-state index in [9.17, 15) is 4.39 Å². The fourth-order valence-electron chi connectivity index (χ4n) is 2.21. The molecule has 4 nitrogen and oxygen atoms in total. The molecule has 100 valence electrons. The Bertz CT molecular complexity index is 576. The summed E-state index contributed by atoms with van der Waals surface area (Å²) in [5, 5.41) is 3.34. The summed E-state index contributed by atoms with van der Waals surface area (Å²) in [7, 11) is 0. The number of halogens is 1. The molecule has 1 fully saturated rings. The van der Waals surface area contributed by atoms with E-state index in [4.69, 9.17) is 4.74 Å². The highest BCUT2D eigenvalue weighted by Crippen LogP contribution is 2.22. The second-order valence-corrected chi connectivity index (χ2v) is 4.73. The van der Waals surface area contributed by atoms with Crippen molar-refractivity contribution in [3.05, 3.63) is 41.6 Å². The molecule has 2 aromatic rings. The molecule has 1 atom stereocenters. The molecule has 2 N–H and O–H groups in total. The second-order valence-electron chi connectivity index (χ2n) is 4.73. The third kappa shape index (κ3) is 2.52. The average molecular weight is 261 g/mol. The third-order valence-electron chi connectivity index (χ3n) is 3.32. The number of imidazole rings is 1. The number of rotatable bonds is 2. The summed E-state index contributed by atoms with van der Waals surface area (Å²) in [5.74, 6) is 0.669. The SMILES string of the molecule is Cc1cc(-c2cnc(C3COCCN3)[nH]2)ccc1F. The minimum atomic E-state index is -0.189. The van der Waals surface area contributed by atoms with Gasteiger partial charge in [-0.05, 0) is 30.7 Å². The van der Waals surface area contributed by atoms with Crippen LogP contribution in [0.2, 0.25) is 0 Å². The number of aromatic amines is 1. The van der Waals surface area contributed by atoms with Gasteiger partial charge in [0.15, 0.2) is 0 Å². The highest BCUT2D eigenvalue weighted by molar-refractivity contribution is 5.59. The second kappa shape index (κ2) is 5.11. The van der Waals surface area contributed by atoms with Gasteiger partial charge in [-0.1, -0.05) is 0 Å². The van der Waals surface area contributed by atoms with Crippen LogP contribution in [0.3, 0.4) is 0 Å². The van der Waals surface area contributed by atoms with Crippen molar-refractivity contribution in [1.29, 1.82) is 0 Å². The first-order chi connectivity index (χ1) is 9.24. The molecule has 1 aromatic heterocycles. The van der Waals surface area contributed by atoms with Crippen molar-refractivity contribution in [2.45, 2.75) is 13.0 Å². The number of ether oxygens (including phenoxy) is 1. The van der Waals surface area contributed by atoms with Gasteiger partial charge in [0.1, 0.15) is 11.6 Å². The summed E-state index contributed by atoms with van der Waals surface area (Å²) >= 11 is 0. The number of aryl methyl sites for hydroxylation is 1. The lowest BCUT2D eigenvalue weighted by molar-refractivity contribution is 0.0745. The van der Waals surface area contributed by atoms with Gasteiger partial charge in [-0.15, -0.1) is 0 Å². The first-order valence-corrected chi connectivity index (χ1v) is 6.36. The van der Waals surface area contributed by atoms with Crippen molar-refractivity contribution in [1.82, 2.24) is 15.3 Å². The number of morpholine rings is 1. The molecule has 1 saturated heterocycles. The van der Waals surface area contributed by atoms with Crippen molar-refractivity contribution in [3.8, 4) is 11.3 Å². The monoisotopic (exact) mass is 261 g/mol. The van der Waals surface area contributed by atoms with E-state index in [1.54, 1.807) is 19.2 Å². The molecule has 0 amide bonds. The molecule has 3 rings (SSSR count). The van der Waals surface area contributed by atoms with Gasteiger partial charge in [0.25, 0.3) is 0 Å². The average Bonchev–Trinajstić information content (AvgIpc) is 2.93. The van der Waals surface area contributed by atoms with Crippen LogP contribution in [0, 0.1) is 12.7 Å². The summed E-state index contributed by atoms with van der Waals surface area (Å²) in [6, 6.07) is 5.15. The van der Waals surface area contributed by atoms with Gasteiger partial charge in [-0.25, -0.2) is 9.37 Å². The van der Waals surface area contributed by atoms with Crippen LogP contribution in [-0.4, -0.2) is 29.7 Å². The molecule has 1 aliphatic heterocycles. The Balaban J connectivity index is 1.85. The minimum absolute atomic E-state index is 0.101. The zero-order valence-corrected chi connectivity index (χ0v) is 10.7. The minimum Gasteiger partial charge on any atom is -0.378 e. The lowest BCUT2D eigenvalue weighted by Gasteiger charge is -2.21. The molecule has 0 saturated carbocycles. The van der Waals surface area contributed by atoms with Gasteiger partial charge in [-0.3, -0.25) is 0 Å². The van der Waals surface area contributed by atoms with Gasteiger partial charge < -0.3 is 15.0 Å². The molecular formula is C14H16FN3O. The van der Waals surface area contributed by atoms with Crippen molar-refractivity contribution < 1.29 is 9.13 Å². The van der Waals surface area contributed by atoms with Crippen LogP contribution in [0.4, 0.5) is 4.39 Å². The number of hydrogen-bond donors (Lipinski definition) is 2. The van der Waals surface area contributed by atoms with Crippen molar-refractivity contribution in [2.24, 2.45) is 0 Å². The van der Waals surface area contributed by atoms with E-state index in [0.717, 1.165) is 30.2 Å². The summed E-state index contributed by atoms with van der Waals surface area (Å²) in [6.07, 6.45) is 1.78. The van der Waals surface area contributed by atoms with Crippen LogP contribution < -0.4 is 5.32 Å². The van der Waals surface area contributed by atoms with Crippen LogP contribution in [0.5, 0.6) is 0 Å². The van der Waals surface area contributed by atoms with Gasteiger partial charge in [0.05, 0.1) is 31.1 Å². The normalized spacial score (nSPS) is 19.6. The molecular weight excluding hydrogens is 245 g/mol. The Morgan fingerprint density at radius 1 is 1.42 bits per heavy atom. The van der Waals surface area contributed by atoms with Crippen molar-refractivity contribution in [3.63, 3.8) is 0 Å². The predicted octanol–water partition coefficient (Wildman–Crippen LogP) is 2.19. The van der Waals surface area contributed by atoms with Crippen LogP contribution in [0.15, 0.2) is 24.4 Å². The first kappa shape index (κ1) is 12.3. The van der Waals surface area contributed by atoms with Crippen molar-refractivity contribution in [2.75, 3.05) is 19.8 Å². The Labute approximate surface area is 111 Å². The van der Waals surface area contributed by atoms with Crippen LogP contribution in [0.1, 0.15) is 17.4 Å². The maximum absolute atomic E-state index is 13.3. The number of benzene rings is 1. The summed E-state index contributed by atoms with van der Waals surface area (Å²) in [6.45, 7) is 3.94. The highest BCUT2D eigenvalue weighted by Gasteiger charge is 2.18. The predicted molar refractivity (Wildman–Crippen MR) is 70.3 cm³/mol. The third-order valence-corrected chi connectivity index (χ3v) is 3.32. The van der Waals surface area contributed by atoms with E-state index in [0.29, 0.717) is 12.2 Å². The lowest BCUT2D eigenvalue weighted by Crippen LogP contribution is -2.35. The quantitative estimate of drug-likeness (QED) is 0.871. The number of H-pyrrole nitrogens is 1. The first-order valence-electron chi connectivity index (χ1n) is 6.36. The fourth-order valence-corrected chi connectivity index (χ4v) is 2.21. The van der Waals surface area contributed by atoms with E-state index in [1.807, 2.05) is 6.07 Å². The number of hydrogen-bond acceptors (Lipinski definition) is 3. The van der Waals surface area contributed by atoms with Crippen LogP contribution in [0.25, 0.3) is 11.3 Å². The molecule has 0 radical (unpaired) electrons. The van der Waals surface area contributed by atoms with E-state index in [-0.39, 0.29) is 11.9 Å². The molecule has 0 aliphatic carbocycles. The number of aromatic nitrogens is 2. The zero-order chi connectivity index (χ0) is 13.2.